The normalized spacial score (nSPS) is 11.8. The molecular formula is C18H19Cl2NO2. The van der Waals surface area contributed by atoms with Crippen LogP contribution in [-0.4, -0.2) is 18.6 Å². The highest BCUT2D eigenvalue weighted by Crippen LogP contribution is 2.17. The third kappa shape index (κ3) is 5.77. The molecule has 1 atom stereocenters. The molecule has 0 heterocycles. The van der Waals surface area contributed by atoms with E-state index in [0.717, 1.165) is 23.4 Å². The maximum atomic E-state index is 12.0. The van der Waals surface area contributed by atoms with Crippen LogP contribution >= 0.6 is 23.2 Å². The minimum absolute atomic E-state index is 0.140. The molecule has 0 spiro atoms. The number of benzene rings is 2. The number of hydrogen-bond donors (Lipinski definition) is 1. The number of nitrogens with one attached hydrogen (secondary N) is 1. The summed E-state index contributed by atoms with van der Waals surface area (Å²) in [6.07, 6.45) is 1.09. The van der Waals surface area contributed by atoms with Crippen LogP contribution < -0.4 is 10.1 Å². The number of carbonyl (C=O) groups excluding carboxylic acids is 1. The molecule has 0 radical (unpaired) electrons. The minimum Gasteiger partial charge on any atom is -0.481 e. The quantitative estimate of drug-likeness (QED) is 0.745. The molecule has 122 valence electrons. The molecule has 3 nitrogen and oxygen atoms in total. The Balaban J connectivity index is 1.72. The SMILES string of the molecule is C[C@H](Oc1ccc(Cl)cc1)C(=O)NCCCc1ccccc1Cl. The fourth-order valence-electron chi connectivity index (χ4n) is 2.11. The number of amides is 1. The molecule has 2 aromatic carbocycles. The smallest absolute Gasteiger partial charge is 0.260 e. The van der Waals surface area contributed by atoms with Gasteiger partial charge in [0.05, 0.1) is 0 Å². The summed E-state index contributed by atoms with van der Waals surface area (Å²) in [5.41, 5.74) is 1.09. The number of rotatable bonds is 7. The molecule has 2 aromatic rings. The number of ether oxygens (including phenoxy) is 1. The van der Waals surface area contributed by atoms with E-state index in [1.807, 2.05) is 24.3 Å². The Hall–Kier alpha value is -1.71. The highest BCUT2D eigenvalue weighted by molar-refractivity contribution is 6.31. The first kappa shape index (κ1) is 17.6. The van der Waals surface area contributed by atoms with Gasteiger partial charge in [0.2, 0.25) is 0 Å². The molecule has 0 bridgehead atoms. The summed E-state index contributed by atoms with van der Waals surface area (Å²) in [5.74, 6) is 0.479. The second-order valence-corrected chi connectivity index (χ2v) is 6.04. The van der Waals surface area contributed by atoms with Crippen LogP contribution in [0.2, 0.25) is 10.0 Å². The lowest BCUT2D eigenvalue weighted by molar-refractivity contribution is -0.127. The Bertz CT molecular complexity index is 644. The standard InChI is InChI=1S/C18H19Cl2NO2/c1-13(23-16-10-8-15(19)9-11-16)18(22)21-12-4-6-14-5-2-3-7-17(14)20/h2-3,5,7-11,13H,4,6,12H2,1H3,(H,21,22)/t13-/m0/s1. The van der Waals surface area contributed by atoms with Crippen molar-refractivity contribution in [2.45, 2.75) is 25.9 Å². The van der Waals surface area contributed by atoms with Crippen molar-refractivity contribution in [2.75, 3.05) is 6.54 Å². The molecule has 0 aliphatic carbocycles. The molecule has 23 heavy (non-hydrogen) atoms. The van der Waals surface area contributed by atoms with Gasteiger partial charge in [-0.2, -0.15) is 0 Å². The number of aryl methyl sites for hydroxylation is 1. The maximum Gasteiger partial charge on any atom is 0.260 e. The van der Waals surface area contributed by atoms with Crippen molar-refractivity contribution in [1.29, 1.82) is 0 Å². The van der Waals surface area contributed by atoms with Gasteiger partial charge in [0.1, 0.15) is 5.75 Å². The molecule has 0 aromatic heterocycles. The molecule has 1 amide bonds. The number of carbonyl (C=O) groups is 1. The third-order valence-corrected chi connectivity index (χ3v) is 4.00. The molecule has 0 saturated heterocycles. The van der Waals surface area contributed by atoms with E-state index in [0.29, 0.717) is 17.3 Å². The van der Waals surface area contributed by atoms with E-state index >= 15 is 0 Å². The Morgan fingerprint density at radius 3 is 2.52 bits per heavy atom. The Labute approximate surface area is 146 Å². The second-order valence-electron chi connectivity index (χ2n) is 5.20. The highest BCUT2D eigenvalue weighted by Gasteiger charge is 2.13. The van der Waals surface area contributed by atoms with E-state index in [-0.39, 0.29) is 5.91 Å². The monoisotopic (exact) mass is 351 g/mol. The van der Waals surface area contributed by atoms with Crippen LogP contribution in [0.15, 0.2) is 48.5 Å². The van der Waals surface area contributed by atoms with Crippen molar-refractivity contribution >= 4 is 29.1 Å². The first-order chi connectivity index (χ1) is 11.1. The summed E-state index contributed by atoms with van der Waals surface area (Å²) in [6, 6.07) is 14.7. The number of halogens is 2. The van der Waals surface area contributed by atoms with Crippen molar-refractivity contribution < 1.29 is 9.53 Å². The van der Waals surface area contributed by atoms with Crippen LogP contribution in [0.25, 0.3) is 0 Å². The molecule has 0 aliphatic heterocycles. The van der Waals surface area contributed by atoms with E-state index in [2.05, 4.69) is 5.32 Å². The van der Waals surface area contributed by atoms with Gasteiger partial charge in [-0.15, -0.1) is 0 Å². The largest absolute Gasteiger partial charge is 0.481 e. The van der Waals surface area contributed by atoms with Gasteiger partial charge >= 0.3 is 0 Å². The Morgan fingerprint density at radius 2 is 1.83 bits per heavy atom. The van der Waals surface area contributed by atoms with Crippen LogP contribution in [0, 0.1) is 0 Å². The molecule has 1 N–H and O–H groups in total. The summed E-state index contributed by atoms with van der Waals surface area (Å²) >= 11 is 11.9. The minimum atomic E-state index is -0.559. The van der Waals surface area contributed by atoms with Gasteiger partial charge < -0.3 is 10.1 Å². The van der Waals surface area contributed by atoms with Crippen LogP contribution in [0.5, 0.6) is 5.75 Å². The summed E-state index contributed by atoms with van der Waals surface area (Å²) < 4.78 is 5.57. The van der Waals surface area contributed by atoms with Gasteiger partial charge in [-0.25, -0.2) is 0 Å². The Kier molecular flexibility index (Phi) is 6.75. The van der Waals surface area contributed by atoms with Crippen LogP contribution in [0.3, 0.4) is 0 Å². The topological polar surface area (TPSA) is 38.3 Å². The fourth-order valence-corrected chi connectivity index (χ4v) is 2.46. The first-order valence-corrected chi connectivity index (χ1v) is 8.25. The molecule has 0 fully saturated rings. The van der Waals surface area contributed by atoms with Gasteiger partial charge in [-0.3, -0.25) is 4.79 Å². The lowest BCUT2D eigenvalue weighted by atomic mass is 10.1. The lowest BCUT2D eigenvalue weighted by Crippen LogP contribution is -2.36. The summed E-state index contributed by atoms with van der Waals surface area (Å²) in [4.78, 5) is 12.0. The molecule has 5 heteroatoms. The van der Waals surface area contributed by atoms with Crippen molar-refractivity contribution in [2.24, 2.45) is 0 Å². The summed E-state index contributed by atoms with van der Waals surface area (Å²) in [5, 5.41) is 4.27. The van der Waals surface area contributed by atoms with Gasteiger partial charge in [0.15, 0.2) is 6.10 Å². The fraction of sp³-hybridized carbons (Fsp3) is 0.278. The van der Waals surface area contributed by atoms with Gasteiger partial charge in [-0.05, 0) is 55.7 Å². The van der Waals surface area contributed by atoms with E-state index in [9.17, 15) is 4.79 Å². The molecule has 0 saturated carbocycles. The highest BCUT2D eigenvalue weighted by atomic mass is 35.5. The number of hydrogen-bond acceptors (Lipinski definition) is 2. The van der Waals surface area contributed by atoms with Crippen molar-refractivity contribution in [3.05, 3.63) is 64.1 Å². The van der Waals surface area contributed by atoms with Gasteiger partial charge in [0, 0.05) is 16.6 Å². The second kappa shape index (κ2) is 8.80. The zero-order valence-corrected chi connectivity index (χ0v) is 14.4. The molecule has 2 rings (SSSR count). The van der Waals surface area contributed by atoms with Crippen molar-refractivity contribution in [1.82, 2.24) is 5.32 Å². The predicted molar refractivity (Wildman–Crippen MR) is 94.3 cm³/mol. The first-order valence-electron chi connectivity index (χ1n) is 7.49. The molecule has 0 unspecified atom stereocenters. The zero-order chi connectivity index (χ0) is 16.7. The van der Waals surface area contributed by atoms with Crippen LogP contribution in [0.1, 0.15) is 18.9 Å². The summed E-state index contributed by atoms with van der Waals surface area (Å²) in [7, 11) is 0. The van der Waals surface area contributed by atoms with Gasteiger partial charge in [-0.1, -0.05) is 41.4 Å². The van der Waals surface area contributed by atoms with E-state index in [4.69, 9.17) is 27.9 Å². The average Bonchev–Trinajstić information content (AvgIpc) is 2.55. The maximum absolute atomic E-state index is 12.0. The summed E-state index contributed by atoms with van der Waals surface area (Å²) in [6.45, 7) is 2.30. The van der Waals surface area contributed by atoms with Crippen molar-refractivity contribution in [3.8, 4) is 5.75 Å². The predicted octanol–water partition coefficient (Wildman–Crippen LogP) is 4.51. The lowest BCUT2D eigenvalue weighted by Gasteiger charge is -2.14. The average molecular weight is 352 g/mol. The molecule has 0 aliphatic rings. The Morgan fingerprint density at radius 1 is 1.13 bits per heavy atom. The van der Waals surface area contributed by atoms with Crippen molar-refractivity contribution in [3.63, 3.8) is 0 Å². The van der Waals surface area contributed by atoms with E-state index in [1.54, 1.807) is 31.2 Å². The van der Waals surface area contributed by atoms with Crippen LogP contribution in [0.4, 0.5) is 0 Å². The van der Waals surface area contributed by atoms with E-state index in [1.165, 1.54) is 0 Å². The molecular weight excluding hydrogens is 333 g/mol. The van der Waals surface area contributed by atoms with Crippen LogP contribution in [-0.2, 0) is 11.2 Å². The third-order valence-electron chi connectivity index (χ3n) is 3.38. The van der Waals surface area contributed by atoms with Gasteiger partial charge in [0.25, 0.3) is 5.91 Å². The van der Waals surface area contributed by atoms with E-state index < -0.39 is 6.10 Å². The zero-order valence-electron chi connectivity index (χ0n) is 12.9.